The number of carbonyl (C=O) groups excluding carboxylic acids is 5. The maximum Gasteiger partial charge on any atom is 0.326 e. The standard InChI is InChI=1S/C24H36N6O8/c1-3-12(2)20(30-21(34)15(25)11-19(27)33)23(36)29-17(10-13-4-6-14(31)7-5-13)22(35)28-16(24(37)38)8-9-18(26)32/h4-7,12,15-17,20,31H,3,8-11,25H2,1-2H3,(H2,26,32)(H2,27,33)(H,28,35)(H,29,36)(H,30,34)(H,37,38). The van der Waals surface area contributed by atoms with Crippen molar-refractivity contribution in [2.75, 3.05) is 0 Å². The van der Waals surface area contributed by atoms with E-state index in [9.17, 15) is 39.0 Å². The third kappa shape index (κ3) is 10.8. The zero-order valence-electron chi connectivity index (χ0n) is 21.3. The number of nitrogens with one attached hydrogen (secondary N) is 3. The largest absolute Gasteiger partial charge is 0.508 e. The first-order valence-corrected chi connectivity index (χ1v) is 12.0. The van der Waals surface area contributed by atoms with Crippen LogP contribution in [0.1, 0.15) is 45.1 Å². The molecule has 0 saturated heterocycles. The van der Waals surface area contributed by atoms with Crippen molar-refractivity contribution in [2.24, 2.45) is 23.1 Å². The van der Waals surface area contributed by atoms with Crippen LogP contribution in [0.5, 0.6) is 5.75 Å². The lowest BCUT2D eigenvalue weighted by Crippen LogP contribution is -2.59. The van der Waals surface area contributed by atoms with Gasteiger partial charge in [0.25, 0.3) is 0 Å². The molecular formula is C24H36N6O8. The average Bonchev–Trinajstić information content (AvgIpc) is 2.84. The number of rotatable bonds is 16. The number of carboxylic acid groups (broad SMARTS) is 1. The van der Waals surface area contributed by atoms with Crippen LogP contribution in [0.3, 0.4) is 0 Å². The van der Waals surface area contributed by atoms with Gasteiger partial charge in [-0.15, -0.1) is 0 Å². The number of aromatic hydroxyl groups is 1. The maximum absolute atomic E-state index is 13.3. The van der Waals surface area contributed by atoms with Crippen LogP contribution >= 0.6 is 0 Å². The van der Waals surface area contributed by atoms with E-state index in [0.29, 0.717) is 12.0 Å². The van der Waals surface area contributed by atoms with Crippen LogP contribution in [0, 0.1) is 5.92 Å². The molecule has 5 amide bonds. The molecule has 1 aromatic carbocycles. The predicted octanol–water partition coefficient (Wildman–Crippen LogP) is -2.01. The van der Waals surface area contributed by atoms with Gasteiger partial charge in [0.05, 0.1) is 12.5 Å². The van der Waals surface area contributed by atoms with Crippen LogP contribution in [0.4, 0.5) is 0 Å². The number of hydrogen-bond donors (Lipinski definition) is 8. The summed E-state index contributed by atoms with van der Waals surface area (Å²) in [6.45, 7) is 3.46. The zero-order valence-corrected chi connectivity index (χ0v) is 21.3. The van der Waals surface area contributed by atoms with E-state index in [4.69, 9.17) is 17.2 Å². The summed E-state index contributed by atoms with van der Waals surface area (Å²) in [7, 11) is 0. The highest BCUT2D eigenvalue weighted by molar-refractivity contribution is 5.95. The molecular weight excluding hydrogens is 500 g/mol. The Labute approximate surface area is 219 Å². The highest BCUT2D eigenvalue weighted by atomic mass is 16.4. The van der Waals surface area contributed by atoms with Crippen molar-refractivity contribution >= 4 is 35.5 Å². The van der Waals surface area contributed by atoms with Crippen molar-refractivity contribution < 1.29 is 39.0 Å². The van der Waals surface area contributed by atoms with Crippen LogP contribution in [0.2, 0.25) is 0 Å². The van der Waals surface area contributed by atoms with Gasteiger partial charge in [-0.1, -0.05) is 32.4 Å². The minimum absolute atomic E-state index is 0.0250. The molecule has 14 nitrogen and oxygen atoms in total. The van der Waals surface area contributed by atoms with E-state index < -0.39 is 72.0 Å². The molecule has 0 radical (unpaired) electrons. The number of hydrogen-bond acceptors (Lipinski definition) is 8. The second-order valence-corrected chi connectivity index (χ2v) is 8.98. The van der Waals surface area contributed by atoms with Gasteiger partial charge in [-0.2, -0.15) is 0 Å². The van der Waals surface area contributed by atoms with Gasteiger partial charge in [0.15, 0.2) is 0 Å². The Hall–Kier alpha value is -4.20. The molecule has 0 saturated carbocycles. The monoisotopic (exact) mass is 536 g/mol. The average molecular weight is 537 g/mol. The molecule has 5 atom stereocenters. The number of nitrogens with two attached hydrogens (primary N) is 3. The van der Waals surface area contributed by atoms with Gasteiger partial charge in [0.2, 0.25) is 29.5 Å². The summed E-state index contributed by atoms with van der Waals surface area (Å²) >= 11 is 0. The lowest BCUT2D eigenvalue weighted by Gasteiger charge is -2.28. The molecule has 1 aromatic rings. The molecule has 0 fully saturated rings. The summed E-state index contributed by atoms with van der Waals surface area (Å²) in [4.78, 5) is 72.7. The molecule has 38 heavy (non-hydrogen) atoms. The third-order valence-electron chi connectivity index (χ3n) is 5.85. The molecule has 14 heteroatoms. The van der Waals surface area contributed by atoms with Gasteiger partial charge < -0.3 is 43.4 Å². The Kier molecular flexibility index (Phi) is 12.7. The minimum atomic E-state index is -1.45. The van der Waals surface area contributed by atoms with Crippen molar-refractivity contribution in [3.8, 4) is 5.75 Å². The summed E-state index contributed by atoms with van der Waals surface area (Å²) in [5.41, 5.74) is 16.4. The van der Waals surface area contributed by atoms with E-state index in [1.54, 1.807) is 13.8 Å². The molecule has 0 aliphatic carbocycles. The minimum Gasteiger partial charge on any atom is -0.508 e. The fraction of sp³-hybridized carbons (Fsp3) is 0.500. The van der Waals surface area contributed by atoms with Crippen LogP contribution < -0.4 is 33.2 Å². The smallest absolute Gasteiger partial charge is 0.326 e. The van der Waals surface area contributed by atoms with E-state index in [2.05, 4.69) is 16.0 Å². The van der Waals surface area contributed by atoms with Gasteiger partial charge in [-0.25, -0.2) is 4.79 Å². The predicted molar refractivity (Wildman–Crippen MR) is 135 cm³/mol. The molecule has 0 spiro atoms. The van der Waals surface area contributed by atoms with Crippen LogP contribution in [-0.4, -0.2) is 69.9 Å². The number of phenolic OH excluding ortho intramolecular Hbond substituents is 1. The zero-order chi connectivity index (χ0) is 29.0. The number of carbonyl (C=O) groups is 6. The highest BCUT2D eigenvalue weighted by Crippen LogP contribution is 2.14. The topological polar surface area (TPSA) is 257 Å². The lowest BCUT2D eigenvalue weighted by molar-refractivity contribution is -0.142. The number of primary amides is 2. The van der Waals surface area contributed by atoms with Gasteiger partial charge in [-0.05, 0) is 30.0 Å². The van der Waals surface area contributed by atoms with Crippen LogP contribution in [0.25, 0.3) is 0 Å². The molecule has 210 valence electrons. The van der Waals surface area contributed by atoms with Crippen molar-refractivity contribution in [1.82, 2.24) is 16.0 Å². The van der Waals surface area contributed by atoms with Crippen LogP contribution in [-0.2, 0) is 35.2 Å². The number of aliphatic carboxylic acids is 1. The fourth-order valence-corrected chi connectivity index (χ4v) is 3.43. The third-order valence-corrected chi connectivity index (χ3v) is 5.85. The van der Waals surface area contributed by atoms with E-state index >= 15 is 0 Å². The highest BCUT2D eigenvalue weighted by Gasteiger charge is 2.33. The number of phenols is 1. The fourth-order valence-electron chi connectivity index (χ4n) is 3.43. The number of carboxylic acids is 1. The Morgan fingerprint density at radius 2 is 1.45 bits per heavy atom. The summed E-state index contributed by atoms with van der Waals surface area (Å²) < 4.78 is 0. The molecule has 0 aliphatic heterocycles. The Morgan fingerprint density at radius 1 is 0.868 bits per heavy atom. The Bertz CT molecular complexity index is 1020. The molecule has 0 aromatic heterocycles. The first-order chi connectivity index (χ1) is 17.7. The van der Waals surface area contributed by atoms with E-state index in [1.165, 1.54) is 24.3 Å². The molecule has 5 unspecified atom stereocenters. The molecule has 11 N–H and O–H groups in total. The van der Waals surface area contributed by atoms with Gasteiger partial charge >= 0.3 is 5.97 Å². The van der Waals surface area contributed by atoms with E-state index in [-0.39, 0.29) is 25.0 Å². The number of amides is 5. The van der Waals surface area contributed by atoms with Gasteiger partial charge in [-0.3, -0.25) is 24.0 Å². The summed E-state index contributed by atoms with van der Waals surface area (Å²) in [6, 6.07) is 0.594. The lowest BCUT2D eigenvalue weighted by atomic mass is 9.96. The first kappa shape index (κ1) is 31.8. The second kappa shape index (κ2) is 15.1. The first-order valence-electron chi connectivity index (χ1n) is 12.0. The van der Waals surface area contributed by atoms with Crippen LogP contribution in [0.15, 0.2) is 24.3 Å². The Morgan fingerprint density at radius 3 is 1.95 bits per heavy atom. The normalized spacial score (nSPS) is 14.7. The van der Waals surface area contributed by atoms with E-state index in [1.807, 2.05) is 0 Å². The van der Waals surface area contributed by atoms with Crippen molar-refractivity contribution in [2.45, 2.75) is 70.1 Å². The summed E-state index contributed by atoms with van der Waals surface area (Å²) in [5.74, 6) is -5.79. The van der Waals surface area contributed by atoms with Crippen molar-refractivity contribution in [3.63, 3.8) is 0 Å². The maximum atomic E-state index is 13.3. The summed E-state index contributed by atoms with van der Waals surface area (Å²) in [5, 5.41) is 26.3. The van der Waals surface area contributed by atoms with E-state index in [0.717, 1.165) is 0 Å². The quantitative estimate of drug-likeness (QED) is 0.116. The molecule has 0 aliphatic rings. The van der Waals surface area contributed by atoms with Crippen molar-refractivity contribution in [1.29, 1.82) is 0 Å². The van der Waals surface area contributed by atoms with Gasteiger partial charge in [0, 0.05) is 12.8 Å². The molecule has 0 heterocycles. The SMILES string of the molecule is CCC(C)C(NC(=O)C(N)CC(N)=O)C(=O)NC(Cc1ccc(O)cc1)C(=O)NC(CCC(N)=O)C(=O)O. The Balaban J connectivity index is 3.19. The molecule has 1 rings (SSSR count). The number of benzene rings is 1. The van der Waals surface area contributed by atoms with Gasteiger partial charge in [0.1, 0.15) is 23.9 Å². The summed E-state index contributed by atoms with van der Waals surface area (Å²) in [6.07, 6.45) is -0.636. The molecule has 0 bridgehead atoms. The second-order valence-electron chi connectivity index (χ2n) is 8.98. The van der Waals surface area contributed by atoms with Crippen molar-refractivity contribution in [3.05, 3.63) is 29.8 Å².